The van der Waals surface area contributed by atoms with Crippen molar-refractivity contribution in [2.75, 3.05) is 0 Å². The first-order chi connectivity index (χ1) is 8.15. The summed E-state index contributed by atoms with van der Waals surface area (Å²) in [5.41, 5.74) is 1.73. The third kappa shape index (κ3) is 2.48. The van der Waals surface area contributed by atoms with Crippen molar-refractivity contribution in [3.05, 3.63) is 40.1 Å². The molecule has 1 aromatic heterocycles. The van der Waals surface area contributed by atoms with Gasteiger partial charge < -0.3 is 0 Å². The summed E-state index contributed by atoms with van der Waals surface area (Å²) in [5.74, 6) is -0.223. The fraction of sp³-hybridized carbons (Fsp3) is 0.154. The van der Waals surface area contributed by atoms with Crippen molar-refractivity contribution in [3.8, 4) is 10.4 Å². The first kappa shape index (κ1) is 12.5. The van der Waals surface area contributed by atoms with Crippen molar-refractivity contribution in [2.24, 2.45) is 4.99 Å². The van der Waals surface area contributed by atoms with Crippen LogP contribution < -0.4 is 0 Å². The number of hydrogen-bond acceptors (Lipinski definition) is 2. The normalized spacial score (nSPS) is 10.5. The second kappa shape index (κ2) is 5.10. The maximum atomic E-state index is 13.8. The van der Waals surface area contributed by atoms with Crippen molar-refractivity contribution >= 4 is 39.0 Å². The van der Waals surface area contributed by atoms with Crippen LogP contribution in [0.1, 0.15) is 12.5 Å². The van der Waals surface area contributed by atoms with Gasteiger partial charge in [-0.05, 0) is 43.0 Å². The Morgan fingerprint density at radius 3 is 2.71 bits per heavy atom. The van der Waals surface area contributed by atoms with E-state index in [1.54, 1.807) is 6.07 Å². The molecular weight excluding hydrogens is 301 g/mol. The van der Waals surface area contributed by atoms with E-state index in [1.807, 2.05) is 12.1 Å². The fourth-order valence-corrected chi connectivity index (χ4v) is 3.05. The molecular formula is C13H11BrFNS. The standard InChI is InChI=1S/C13H11BrFNS/c1-3-8-6-12(17-13(8)16-2)10-5-4-9(14)7-11(10)15/h4-7H,2-3H2,1H3. The lowest BCUT2D eigenvalue weighted by Gasteiger charge is -1.99. The van der Waals surface area contributed by atoms with Crippen LogP contribution in [0.15, 0.2) is 33.7 Å². The van der Waals surface area contributed by atoms with E-state index in [9.17, 15) is 4.39 Å². The molecule has 0 aliphatic heterocycles. The molecule has 0 bridgehead atoms. The quantitative estimate of drug-likeness (QED) is 0.690. The maximum Gasteiger partial charge on any atom is 0.132 e. The number of hydrogen-bond donors (Lipinski definition) is 0. The van der Waals surface area contributed by atoms with Crippen LogP contribution in [0.25, 0.3) is 10.4 Å². The summed E-state index contributed by atoms with van der Waals surface area (Å²) in [4.78, 5) is 4.87. The predicted molar refractivity (Wildman–Crippen MR) is 76.0 cm³/mol. The van der Waals surface area contributed by atoms with E-state index in [0.717, 1.165) is 26.3 Å². The van der Waals surface area contributed by atoms with Crippen LogP contribution >= 0.6 is 27.3 Å². The molecule has 0 saturated carbocycles. The molecule has 1 heterocycles. The van der Waals surface area contributed by atoms with E-state index in [0.29, 0.717) is 5.56 Å². The van der Waals surface area contributed by atoms with Gasteiger partial charge in [-0.2, -0.15) is 0 Å². The number of aryl methyl sites for hydroxylation is 1. The minimum atomic E-state index is -0.223. The monoisotopic (exact) mass is 311 g/mol. The largest absolute Gasteiger partial charge is 0.253 e. The molecule has 88 valence electrons. The highest BCUT2D eigenvalue weighted by atomic mass is 79.9. The average molecular weight is 312 g/mol. The third-order valence-electron chi connectivity index (χ3n) is 2.51. The third-order valence-corrected chi connectivity index (χ3v) is 4.14. The predicted octanol–water partition coefficient (Wildman–Crippen LogP) is 5.21. The highest BCUT2D eigenvalue weighted by Crippen LogP contribution is 2.38. The number of thiophene rings is 1. The highest BCUT2D eigenvalue weighted by Gasteiger charge is 2.11. The van der Waals surface area contributed by atoms with Crippen LogP contribution in [-0.4, -0.2) is 6.72 Å². The minimum absolute atomic E-state index is 0.223. The van der Waals surface area contributed by atoms with E-state index in [4.69, 9.17) is 0 Å². The van der Waals surface area contributed by atoms with Crippen LogP contribution in [0.4, 0.5) is 9.39 Å². The van der Waals surface area contributed by atoms with Crippen molar-refractivity contribution < 1.29 is 4.39 Å². The van der Waals surface area contributed by atoms with Gasteiger partial charge in [0, 0.05) is 14.9 Å². The van der Waals surface area contributed by atoms with Crippen molar-refractivity contribution in [1.29, 1.82) is 0 Å². The second-order valence-electron chi connectivity index (χ2n) is 3.58. The van der Waals surface area contributed by atoms with Gasteiger partial charge in [0.25, 0.3) is 0 Å². The Balaban J connectivity index is 2.52. The first-order valence-electron chi connectivity index (χ1n) is 5.20. The molecule has 0 N–H and O–H groups in total. The number of nitrogens with zero attached hydrogens (tertiary/aromatic N) is 1. The van der Waals surface area contributed by atoms with Crippen molar-refractivity contribution in [1.82, 2.24) is 0 Å². The van der Waals surface area contributed by atoms with Crippen LogP contribution in [0.2, 0.25) is 0 Å². The first-order valence-corrected chi connectivity index (χ1v) is 6.81. The lowest BCUT2D eigenvalue weighted by Crippen LogP contribution is -1.81. The molecule has 1 aromatic carbocycles. The molecule has 0 aliphatic rings. The van der Waals surface area contributed by atoms with E-state index >= 15 is 0 Å². The molecule has 0 atom stereocenters. The summed E-state index contributed by atoms with van der Waals surface area (Å²) >= 11 is 4.72. The Kier molecular flexibility index (Phi) is 3.74. The molecule has 4 heteroatoms. The molecule has 2 rings (SSSR count). The Hall–Kier alpha value is -1.00. The molecule has 0 fully saturated rings. The molecule has 2 aromatic rings. The van der Waals surface area contributed by atoms with Gasteiger partial charge in [-0.15, -0.1) is 11.3 Å². The second-order valence-corrected chi connectivity index (χ2v) is 5.52. The molecule has 0 saturated heterocycles. The zero-order valence-corrected chi connectivity index (χ0v) is 11.7. The zero-order valence-electron chi connectivity index (χ0n) is 9.34. The van der Waals surface area contributed by atoms with E-state index in [-0.39, 0.29) is 5.82 Å². The van der Waals surface area contributed by atoms with Gasteiger partial charge >= 0.3 is 0 Å². The lowest BCUT2D eigenvalue weighted by molar-refractivity contribution is 0.631. The SMILES string of the molecule is C=Nc1sc(-c2ccc(Br)cc2F)cc1CC. The Morgan fingerprint density at radius 2 is 2.18 bits per heavy atom. The van der Waals surface area contributed by atoms with Gasteiger partial charge in [0.15, 0.2) is 0 Å². The van der Waals surface area contributed by atoms with Gasteiger partial charge in [0.1, 0.15) is 10.8 Å². The molecule has 0 radical (unpaired) electrons. The number of rotatable bonds is 3. The summed E-state index contributed by atoms with van der Waals surface area (Å²) in [6.07, 6.45) is 0.878. The number of aliphatic imine (C=N–C) groups is 1. The summed E-state index contributed by atoms with van der Waals surface area (Å²) in [6.45, 7) is 5.60. The minimum Gasteiger partial charge on any atom is -0.253 e. The average Bonchev–Trinajstić information content (AvgIpc) is 2.72. The zero-order chi connectivity index (χ0) is 12.4. The van der Waals surface area contributed by atoms with Gasteiger partial charge in [-0.3, -0.25) is 4.99 Å². The number of benzene rings is 1. The summed E-state index contributed by atoms with van der Waals surface area (Å²) < 4.78 is 14.6. The van der Waals surface area contributed by atoms with Crippen molar-refractivity contribution in [2.45, 2.75) is 13.3 Å². The molecule has 0 unspecified atom stereocenters. The van der Waals surface area contributed by atoms with Crippen LogP contribution in [0.5, 0.6) is 0 Å². The van der Waals surface area contributed by atoms with E-state index < -0.39 is 0 Å². The smallest absolute Gasteiger partial charge is 0.132 e. The summed E-state index contributed by atoms with van der Waals surface area (Å²) in [7, 11) is 0. The maximum absolute atomic E-state index is 13.8. The summed E-state index contributed by atoms with van der Waals surface area (Å²) in [5, 5.41) is 0.879. The molecule has 0 spiro atoms. The van der Waals surface area contributed by atoms with Gasteiger partial charge in [0.05, 0.1) is 0 Å². The lowest BCUT2D eigenvalue weighted by atomic mass is 10.1. The van der Waals surface area contributed by atoms with Crippen molar-refractivity contribution in [3.63, 3.8) is 0 Å². The molecule has 1 nitrogen and oxygen atoms in total. The van der Waals surface area contributed by atoms with E-state index in [1.165, 1.54) is 17.4 Å². The Labute approximate surface area is 112 Å². The van der Waals surface area contributed by atoms with Gasteiger partial charge in [-0.1, -0.05) is 22.9 Å². The molecule has 0 aliphatic carbocycles. The van der Waals surface area contributed by atoms with Gasteiger partial charge in [-0.25, -0.2) is 4.39 Å². The van der Waals surface area contributed by atoms with Crippen LogP contribution in [-0.2, 0) is 6.42 Å². The van der Waals surface area contributed by atoms with Gasteiger partial charge in [0.2, 0.25) is 0 Å². The van der Waals surface area contributed by atoms with Crippen LogP contribution in [0.3, 0.4) is 0 Å². The topological polar surface area (TPSA) is 12.4 Å². The molecule has 17 heavy (non-hydrogen) atoms. The fourth-order valence-electron chi connectivity index (χ4n) is 1.63. The molecule has 0 amide bonds. The van der Waals surface area contributed by atoms with Crippen LogP contribution in [0, 0.1) is 5.82 Å². The Bertz CT molecular complexity index is 563. The Morgan fingerprint density at radius 1 is 1.41 bits per heavy atom. The highest BCUT2D eigenvalue weighted by molar-refractivity contribution is 9.10. The summed E-state index contributed by atoms with van der Waals surface area (Å²) in [6, 6.07) is 7.07. The van der Waals surface area contributed by atoms with E-state index in [2.05, 4.69) is 34.6 Å². The number of halogens is 2.